The van der Waals surface area contributed by atoms with Crippen molar-refractivity contribution in [3.8, 4) is 0 Å². The zero-order valence-electron chi connectivity index (χ0n) is 7.88. The molecule has 0 radical (unpaired) electrons. The number of rotatable bonds is 5. The lowest BCUT2D eigenvalue weighted by Crippen LogP contribution is -2.31. The Hall–Kier alpha value is -0.770. The van der Waals surface area contributed by atoms with Gasteiger partial charge in [0.05, 0.1) is 0 Å². The van der Waals surface area contributed by atoms with Crippen molar-refractivity contribution in [1.82, 2.24) is 5.32 Å². The standard InChI is InChI=1S/C8H19N3O/c1-3-10-8(9)11-6-7(2)4-5-12/h7,12H,3-6H2,1-2H3,(H3,9,10,11). The molecule has 0 aromatic rings. The number of nitrogens with zero attached hydrogens (tertiary/aromatic N) is 1. The maximum atomic E-state index is 8.61. The van der Waals surface area contributed by atoms with E-state index in [-0.39, 0.29) is 6.61 Å². The van der Waals surface area contributed by atoms with E-state index >= 15 is 0 Å². The van der Waals surface area contributed by atoms with E-state index in [4.69, 9.17) is 10.8 Å². The lowest BCUT2D eigenvalue weighted by Gasteiger charge is -2.06. The Labute approximate surface area is 73.9 Å². The highest BCUT2D eigenvalue weighted by Crippen LogP contribution is 1.99. The van der Waals surface area contributed by atoms with Crippen LogP contribution in [0.3, 0.4) is 0 Å². The lowest BCUT2D eigenvalue weighted by molar-refractivity contribution is 0.264. The van der Waals surface area contributed by atoms with Gasteiger partial charge < -0.3 is 16.2 Å². The van der Waals surface area contributed by atoms with Gasteiger partial charge in [-0.3, -0.25) is 4.99 Å². The third-order valence-corrected chi connectivity index (χ3v) is 1.55. The van der Waals surface area contributed by atoms with Gasteiger partial charge >= 0.3 is 0 Å². The number of aliphatic hydroxyl groups is 1. The number of aliphatic imine (C=N–C) groups is 1. The molecule has 0 aliphatic heterocycles. The molecule has 0 aromatic heterocycles. The molecule has 0 saturated heterocycles. The van der Waals surface area contributed by atoms with E-state index in [1.54, 1.807) is 0 Å². The van der Waals surface area contributed by atoms with Gasteiger partial charge in [0.2, 0.25) is 0 Å². The third-order valence-electron chi connectivity index (χ3n) is 1.55. The van der Waals surface area contributed by atoms with Crippen molar-refractivity contribution in [3.05, 3.63) is 0 Å². The molecule has 0 aliphatic carbocycles. The van der Waals surface area contributed by atoms with Crippen LogP contribution >= 0.6 is 0 Å². The quantitative estimate of drug-likeness (QED) is 0.402. The second kappa shape index (κ2) is 6.91. The molecule has 0 spiro atoms. The largest absolute Gasteiger partial charge is 0.396 e. The molecule has 4 N–H and O–H groups in total. The molecule has 0 saturated carbocycles. The molecule has 72 valence electrons. The van der Waals surface area contributed by atoms with Crippen molar-refractivity contribution < 1.29 is 5.11 Å². The molecule has 1 atom stereocenters. The zero-order chi connectivity index (χ0) is 9.40. The van der Waals surface area contributed by atoms with Crippen LogP contribution in [-0.4, -0.2) is 30.8 Å². The van der Waals surface area contributed by atoms with Crippen LogP contribution in [0.15, 0.2) is 4.99 Å². The van der Waals surface area contributed by atoms with Crippen LogP contribution in [-0.2, 0) is 0 Å². The van der Waals surface area contributed by atoms with E-state index < -0.39 is 0 Å². The molecule has 0 amide bonds. The summed E-state index contributed by atoms with van der Waals surface area (Å²) in [5.41, 5.74) is 5.51. The van der Waals surface area contributed by atoms with Gasteiger partial charge in [0.25, 0.3) is 0 Å². The summed E-state index contributed by atoms with van der Waals surface area (Å²) in [6, 6.07) is 0. The van der Waals surface area contributed by atoms with Crippen LogP contribution in [0.4, 0.5) is 0 Å². The SMILES string of the molecule is CCNC(N)=NCC(C)CCO. The summed E-state index contributed by atoms with van der Waals surface area (Å²) >= 11 is 0. The van der Waals surface area contributed by atoms with Crippen LogP contribution in [0, 0.1) is 5.92 Å². The average molecular weight is 173 g/mol. The first-order chi connectivity index (χ1) is 5.70. The van der Waals surface area contributed by atoms with Crippen LogP contribution in [0.25, 0.3) is 0 Å². The minimum atomic E-state index is 0.220. The summed E-state index contributed by atoms with van der Waals surface area (Å²) in [5.74, 6) is 0.884. The molecule has 12 heavy (non-hydrogen) atoms. The maximum absolute atomic E-state index is 8.61. The highest BCUT2D eigenvalue weighted by atomic mass is 16.3. The van der Waals surface area contributed by atoms with E-state index in [0.29, 0.717) is 18.4 Å². The van der Waals surface area contributed by atoms with Crippen molar-refractivity contribution in [2.45, 2.75) is 20.3 Å². The van der Waals surface area contributed by atoms with Gasteiger partial charge in [0, 0.05) is 19.7 Å². The van der Waals surface area contributed by atoms with Crippen molar-refractivity contribution in [1.29, 1.82) is 0 Å². The fourth-order valence-electron chi connectivity index (χ4n) is 0.803. The Morgan fingerprint density at radius 1 is 1.67 bits per heavy atom. The summed E-state index contributed by atoms with van der Waals surface area (Å²) in [6.07, 6.45) is 0.781. The average Bonchev–Trinajstić information content (AvgIpc) is 2.02. The fraction of sp³-hybridized carbons (Fsp3) is 0.875. The van der Waals surface area contributed by atoms with Gasteiger partial charge in [0.15, 0.2) is 5.96 Å². The summed E-state index contributed by atoms with van der Waals surface area (Å²) in [4.78, 5) is 4.10. The van der Waals surface area contributed by atoms with E-state index in [1.807, 2.05) is 13.8 Å². The Morgan fingerprint density at radius 3 is 2.83 bits per heavy atom. The molecule has 0 rings (SSSR count). The normalized spacial score (nSPS) is 14.4. The first-order valence-corrected chi connectivity index (χ1v) is 4.35. The molecule has 0 aliphatic rings. The minimum absolute atomic E-state index is 0.220. The summed E-state index contributed by atoms with van der Waals surface area (Å²) in [7, 11) is 0. The first kappa shape index (κ1) is 11.2. The summed E-state index contributed by atoms with van der Waals surface area (Å²) in [6.45, 7) is 5.71. The van der Waals surface area contributed by atoms with E-state index in [0.717, 1.165) is 13.0 Å². The molecule has 1 unspecified atom stereocenters. The van der Waals surface area contributed by atoms with Crippen LogP contribution in [0.2, 0.25) is 0 Å². The van der Waals surface area contributed by atoms with Gasteiger partial charge in [-0.25, -0.2) is 0 Å². The van der Waals surface area contributed by atoms with E-state index in [9.17, 15) is 0 Å². The molecule has 0 heterocycles. The molecular formula is C8H19N3O. The van der Waals surface area contributed by atoms with Crippen LogP contribution < -0.4 is 11.1 Å². The van der Waals surface area contributed by atoms with Gasteiger partial charge in [-0.2, -0.15) is 0 Å². The number of aliphatic hydroxyl groups excluding tert-OH is 1. The highest BCUT2D eigenvalue weighted by Gasteiger charge is 1.99. The Bertz CT molecular complexity index is 136. The molecule has 4 heteroatoms. The number of hydrogen-bond donors (Lipinski definition) is 3. The fourth-order valence-corrected chi connectivity index (χ4v) is 0.803. The van der Waals surface area contributed by atoms with Crippen molar-refractivity contribution >= 4 is 5.96 Å². The third kappa shape index (κ3) is 5.97. The molecule has 0 fully saturated rings. The summed E-state index contributed by atoms with van der Waals surface area (Å²) < 4.78 is 0. The van der Waals surface area contributed by atoms with Crippen molar-refractivity contribution in [2.24, 2.45) is 16.6 Å². The van der Waals surface area contributed by atoms with Gasteiger partial charge in [0.1, 0.15) is 0 Å². The van der Waals surface area contributed by atoms with Gasteiger partial charge in [-0.1, -0.05) is 6.92 Å². The Balaban J connectivity index is 3.55. The zero-order valence-corrected chi connectivity index (χ0v) is 7.88. The number of nitrogens with one attached hydrogen (secondary N) is 1. The second-order valence-electron chi connectivity index (χ2n) is 2.87. The summed E-state index contributed by atoms with van der Waals surface area (Å²) in [5, 5.41) is 11.5. The van der Waals surface area contributed by atoms with Gasteiger partial charge in [-0.15, -0.1) is 0 Å². The van der Waals surface area contributed by atoms with Gasteiger partial charge in [-0.05, 0) is 19.3 Å². The molecular weight excluding hydrogens is 154 g/mol. The number of guanidine groups is 1. The molecule has 0 aromatic carbocycles. The van der Waals surface area contributed by atoms with Crippen LogP contribution in [0.5, 0.6) is 0 Å². The molecule has 4 nitrogen and oxygen atoms in total. The first-order valence-electron chi connectivity index (χ1n) is 4.35. The van der Waals surface area contributed by atoms with E-state index in [1.165, 1.54) is 0 Å². The monoisotopic (exact) mass is 173 g/mol. The minimum Gasteiger partial charge on any atom is -0.396 e. The van der Waals surface area contributed by atoms with Crippen molar-refractivity contribution in [3.63, 3.8) is 0 Å². The Kier molecular flexibility index (Phi) is 6.47. The topological polar surface area (TPSA) is 70.6 Å². The second-order valence-corrected chi connectivity index (χ2v) is 2.87. The number of hydrogen-bond acceptors (Lipinski definition) is 2. The van der Waals surface area contributed by atoms with Crippen LogP contribution in [0.1, 0.15) is 20.3 Å². The smallest absolute Gasteiger partial charge is 0.188 e. The highest BCUT2D eigenvalue weighted by molar-refractivity contribution is 5.77. The predicted octanol–water partition coefficient (Wildman–Crippen LogP) is -0.0709. The predicted molar refractivity (Wildman–Crippen MR) is 51.0 cm³/mol. The van der Waals surface area contributed by atoms with Crippen molar-refractivity contribution in [2.75, 3.05) is 19.7 Å². The molecule has 0 bridgehead atoms. The maximum Gasteiger partial charge on any atom is 0.188 e. The number of nitrogens with two attached hydrogens (primary N) is 1. The lowest BCUT2D eigenvalue weighted by atomic mass is 10.1. The van der Waals surface area contributed by atoms with E-state index in [2.05, 4.69) is 10.3 Å². The Morgan fingerprint density at radius 2 is 2.33 bits per heavy atom.